The van der Waals surface area contributed by atoms with E-state index >= 15 is 0 Å². The van der Waals surface area contributed by atoms with Crippen molar-refractivity contribution in [3.05, 3.63) is 70.3 Å². The zero-order chi connectivity index (χ0) is 21.1. The molecule has 4 rings (SSSR count). The summed E-state index contributed by atoms with van der Waals surface area (Å²) >= 11 is 11.4. The van der Waals surface area contributed by atoms with E-state index in [1.54, 1.807) is 0 Å². The summed E-state index contributed by atoms with van der Waals surface area (Å²) in [6.07, 6.45) is 12.0. The highest BCUT2D eigenvalue weighted by molar-refractivity contribution is 6.30. The quantitative estimate of drug-likeness (QED) is 0.473. The lowest BCUT2D eigenvalue weighted by Gasteiger charge is -2.43. The van der Waals surface area contributed by atoms with E-state index in [9.17, 15) is 0 Å². The van der Waals surface area contributed by atoms with E-state index in [1.807, 2.05) is 38.1 Å². The Hall–Kier alpha value is -1.58. The molecule has 2 aliphatic carbocycles. The Morgan fingerprint density at radius 2 is 1.66 bits per heavy atom. The Kier molecular flexibility index (Phi) is 6.90. The van der Waals surface area contributed by atoms with Crippen LogP contribution >= 0.6 is 23.2 Å². The normalized spacial score (nSPS) is 19.4. The van der Waals surface area contributed by atoms with Crippen molar-refractivity contribution >= 4 is 23.2 Å². The van der Waals surface area contributed by atoms with Crippen molar-refractivity contribution in [2.75, 3.05) is 0 Å². The first-order valence-corrected chi connectivity index (χ1v) is 11.2. The van der Waals surface area contributed by atoms with E-state index in [0.717, 1.165) is 41.0 Å². The molecule has 0 saturated heterocycles. The van der Waals surface area contributed by atoms with Crippen LogP contribution in [0, 0.1) is 0 Å². The molecule has 0 N–H and O–H groups in total. The van der Waals surface area contributed by atoms with Crippen molar-refractivity contribution in [2.24, 2.45) is 7.05 Å². The molecule has 29 heavy (non-hydrogen) atoms. The molecule has 0 amide bonds. The molecular weight excluding hydrogens is 401 g/mol. The fraction of sp³-hybridized carbons (Fsp3) is 0.500. The average molecular weight is 432 g/mol. The van der Waals surface area contributed by atoms with Gasteiger partial charge in [-0.05, 0) is 63.6 Å². The third kappa shape index (κ3) is 4.18. The second-order valence-electron chi connectivity index (χ2n) is 8.35. The summed E-state index contributed by atoms with van der Waals surface area (Å²) in [4.78, 5) is 0. The minimum absolute atomic E-state index is 0.00368. The van der Waals surface area contributed by atoms with Gasteiger partial charge in [0.2, 0.25) is 0 Å². The number of benzene rings is 1. The molecule has 1 heterocycles. The van der Waals surface area contributed by atoms with Crippen LogP contribution in [0.25, 0.3) is 0 Å². The highest BCUT2D eigenvalue weighted by Gasteiger charge is 2.47. The van der Waals surface area contributed by atoms with Gasteiger partial charge in [0.25, 0.3) is 0 Å². The van der Waals surface area contributed by atoms with Crippen LogP contribution in [0.5, 0.6) is 0 Å². The third-order valence-corrected chi connectivity index (χ3v) is 7.09. The minimum Gasteiger partial charge on any atom is -0.317 e. The number of hydrogen-bond donors (Lipinski definition) is 0. The fourth-order valence-electron chi connectivity index (χ4n) is 4.55. The van der Waals surface area contributed by atoms with Gasteiger partial charge in [0, 0.05) is 22.5 Å². The lowest BCUT2D eigenvalue weighted by molar-refractivity contribution is 0.221. The summed E-state index contributed by atoms with van der Waals surface area (Å²) in [7, 11) is 2.14. The van der Waals surface area contributed by atoms with Gasteiger partial charge in [0.1, 0.15) is 11.6 Å². The van der Waals surface area contributed by atoms with Crippen LogP contribution in [0.4, 0.5) is 0 Å². The summed E-state index contributed by atoms with van der Waals surface area (Å²) in [5, 5.41) is 11.0. The maximum atomic E-state index is 6.08. The van der Waals surface area contributed by atoms with E-state index in [0.29, 0.717) is 0 Å². The van der Waals surface area contributed by atoms with Crippen LogP contribution in [0.15, 0.2) is 48.0 Å². The van der Waals surface area contributed by atoms with Crippen molar-refractivity contribution in [1.29, 1.82) is 0 Å². The molecule has 0 atom stereocenters. The molecule has 0 radical (unpaired) electrons. The molecule has 1 aromatic carbocycles. The number of hydrogen-bond acceptors (Lipinski definition) is 2. The summed E-state index contributed by atoms with van der Waals surface area (Å²) in [5.41, 5.74) is 1.47. The summed E-state index contributed by atoms with van der Waals surface area (Å²) < 4.78 is 2.27. The Labute approximate surface area is 184 Å². The molecule has 2 fully saturated rings. The number of rotatable bonds is 5. The molecule has 2 aliphatic rings. The number of aromatic nitrogens is 3. The highest BCUT2D eigenvalue weighted by atomic mass is 35.5. The van der Waals surface area contributed by atoms with E-state index in [1.165, 1.54) is 31.2 Å². The van der Waals surface area contributed by atoms with E-state index in [-0.39, 0.29) is 10.8 Å². The van der Waals surface area contributed by atoms with Crippen LogP contribution in [0.2, 0.25) is 5.02 Å². The molecule has 156 valence electrons. The van der Waals surface area contributed by atoms with E-state index in [4.69, 9.17) is 23.2 Å². The van der Waals surface area contributed by atoms with Crippen LogP contribution < -0.4 is 0 Å². The van der Waals surface area contributed by atoms with Gasteiger partial charge >= 0.3 is 0 Å². The molecule has 3 nitrogen and oxygen atoms in total. The van der Waals surface area contributed by atoms with Crippen molar-refractivity contribution in [1.82, 2.24) is 14.8 Å². The first-order chi connectivity index (χ1) is 13.9. The van der Waals surface area contributed by atoms with Gasteiger partial charge in [-0.1, -0.05) is 60.3 Å². The summed E-state index contributed by atoms with van der Waals surface area (Å²) in [6.45, 7) is 7.71. The molecule has 0 spiro atoms. The lowest BCUT2D eigenvalue weighted by atomic mass is 9.63. The van der Waals surface area contributed by atoms with Crippen LogP contribution in [0.1, 0.15) is 76.0 Å². The van der Waals surface area contributed by atoms with Gasteiger partial charge in [-0.15, -0.1) is 16.8 Å². The summed E-state index contributed by atoms with van der Waals surface area (Å²) in [5.74, 6) is 2.25. The van der Waals surface area contributed by atoms with Crippen molar-refractivity contribution in [2.45, 2.75) is 69.6 Å². The van der Waals surface area contributed by atoms with Gasteiger partial charge in [-0.3, -0.25) is 0 Å². The molecule has 2 saturated carbocycles. The standard InChI is InChI=1S/C20H24ClN3.C4H7Cl/c1-3-10-19(11-4-12-19)17-22-23-18(24(17)2)20(13-5-14-20)15-6-8-16(21)9-7-15;1-3-4(2)5/h3,6-9H,1,4-5,10-14H2,2H3;3H,1-2H3/b;4-3+. The largest absolute Gasteiger partial charge is 0.317 e. The number of allylic oxidation sites excluding steroid dienone is 3. The zero-order valence-electron chi connectivity index (χ0n) is 17.7. The van der Waals surface area contributed by atoms with E-state index < -0.39 is 0 Å². The molecule has 5 heteroatoms. The molecule has 0 unspecified atom stereocenters. The highest BCUT2D eigenvalue weighted by Crippen LogP contribution is 2.51. The number of halogens is 2. The minimum atomic E-state index is 0.00368. The maximum Gasteiger partial charge on any atom is 0.143 e. The Morgan fingerprint density at radius 3 is 2.07 bits per heavy atom. The van der Waals surface area contributed by atoms with Gasteiger partial charge in [-0.25, -0.2) is 0 Å². The Bertz CT molecular complexity index is 868. The van der Waals surface area contributed by atoms with Crippen LogP contribution in [0.3, 0.4) is 0 Å². The van der Waals surface area contributed by atoms with Gasteiger partial charge < -0.3 is 4.57 Å². The molecular formula is C24H31Cl2N3. The topological polar surface area (TPSA) is 30.7 Å². The van der Waals surface area contributed by atoms with Gasteiger partial charge in [-0.2, -0.15) is 0 Å². The SMILES string of the molecule is C/C=C(\C)Cl.C=CCC1(c2nnc(C3(c4ccc(Cl)cc4)CCC3)n2C)CCC1. The van der Waals surface area contributed by atoms with Crippen molar-refractivity contribution < 1.29 is 0 Å². The van der Waals surface area contributed by atoms with Crippen LogP contribution in [-0.4, -0.2) is 14.8 Å². The summed E-state index contributed by atoms with van der Waals surface area (Å²) in [6, 6.07) is 8.27. The molecule has 1 aromatic heterocycles. The number of nitrogens with zero attached hydrogens (tertiary/aromatic N) is 3. The Balaban J connectivity index is 0.000000431. The predicted molar refractivity (Wildman–Crippen MR) is 123 cm³/mol. The van der Waals surface area contributed by atoms with Gasteiger partial charge in [0.05, 0.1) is 5.41 Å². The first kappa shape index (κ1) is 22.1. The fourth-order valence-corrected chi connectivity index (χ4v) is 4.67. The van der Waals surface area contributed by atoms with Gasteiger partial charge in [0.15, 0.2) is 0 Å². The molecule has 2 aromatic rings. The average Bonchev–Trinajstić information content (AvgIpc) is 3.01. The first-order valence-electron chi connectivity index (χ1n) is 10.4. The molecule has 0 bridgehead atoms. The van der Waals surface area contributed by atoms with Crippen LogP contribution in [-0.2, 0) is 17.9 Å². The second kappa shape index (κ2) is 9.06. The maximum absolute atomic E-state index is 6.08. The lowest BCUT2D eigenvalue weighted by Crippen LogP contribution is -2.40. The monoisotopic (exact) mass is 431 g/mol. The second-order valence-corrected chi connectivity index (χ2v) is 9.38. The smallest absolute Gasteiger partial charge is 0.143 e. The molecule has 0 aliphatic heterocycles. The van der Waals surface area contributed by atoms with E-state index in [2.05, 4.69) is 40.5 Å². The zero-order valence-corrected chi connectivity index (χ0v) is 19.2. The Morgan fingerprint density at radius 1 is 1.10 bits per heavy atom. The van der Waals surface area contributed by atoms with Crippen molar-refractivity contribution in [3.8, 4) is 0 Å². The van der Waals surface area contributed by atoms with Crippen molar-refractivity contribution in [3.63, 3.8) is 0 Å². The predicted octanol–water partition coefficient (Wildman–Crippen LogP) is 7.09. The third-order valence-electron chi connectivity index (χ3n) is 6.62.